The summed E-state index contributed by atoms with van der Waals surface area (Å²) in [5.41, 5.74) is 3.96. The molecule has 1 saturated heterocycles. The lowest BCUT2D eigenvalue weighted by molar-refractivity contribution is -0.133. The third-order valence-electron chi connectivity index (χ3n) is 7.60. The van der Waals surface area contributed by atoms with Gasteiger partial charge in [0.15, 0.2) is 11.6 Å². The summed E-state index contributed by atoms with van der Waals surface area (Å²) in [6, 6.07) is 8.36. The van der Waals surface area contributed by atoms with E-state index in [4.69, 9.17) is 15.0 Å². The number of urea groups is 1. The maximum absolute atomic E-state index is 15.5. The van der Waals surface area contributed by atoms with Crippen LogP contribution < -0.4 is 20.7 Å². The molecule has 3 N–H and O–H groups in total. The zero-order valence-corrected chi connectivity index (χ0v) is 23.1. The Morgan fingerprint density at radius 3 is 2.46 bits per heavy atom. The molecule has 1 aromatic carbocycles. The molecular weight excluding hydrogens is 533 g/mol. The molecule has 1 saturated carbocycles. The van der Waals surface area contributed by atoms with Crippen LogP contribution in [0.15, 0.2) is 47.1 Å². The molecule has 0 radical (unpaired) electrons. The monoisotopic (exact) mass is 565 g/mol. The van der Waals surface area contributed by atoms with Crippen LogP contribution in [0.4, 0.5) is 26.5 Å². The van der Waals surface area contributed by atoms with Gasteiger partial charge < -0.3 is 24.8 Å². The van der Waals surface area contributed by atoms with Crippen molar-refractivity contribution in [1.29, 1.82) is 0 Å². The number of anilines is 3. The van der Waals surface area contributed by atoms with Gasteiger partial charge in [-0.15, -0.1) is 0 Å². The smallest absolute Gasteiger partial charge is 0.323 e. The number of likely N-dealkylation sites (tertiary alicyclic amines) is 1. The lowest BCUT2D eigenvalue weighted by Crippen LogP contribution is -2.46. The Bertz CT molecular complexity index is 1470. The van der Waals surface area contributed by atoms with Crippen molar-refractivity contribution in [2.45, 2.75) is 38.6 Å². The normalized spacial score (nSPS) is 16.6. The molecule has 0 spiro atoms. The van der Waals surface area contributed by atoms with Crippen molar-refractivity contribution < 1.29 is 28.0 Å². The number of carbonyl (C=O) groups excluding carboxylic acids is 3. The predicted molar refractivity (Wildman–Crippen MR) is 147 cm³/mol. The first-order valence-corrected chi connectivity index (χ1v) is 13.3. The number of benzene rings is 1. The lowest BCUT2D eigenvalue weighted by Gasteiger charge is -2.34. The number of aromatic nitrogens is 2. The van der Waals surface area contributed by atoms with Gasteiger partial charge in [0.05, 0.1) is 5.69 Å². The number of ether oxygens (including phenoxy) is 1. The number of nitrogens with zero attached hydrogens (tertiary/aromatic N) is 5. The molecule has 12 nitrogen and oxygen atoms in total. The predicted octanol–water partition coefficient (Wildman–Crippen LogP) is 3.80. The van der Waals surface area contributed by atoms with E-state index >= 15 is 4.39 Å². The first-order chi connectivity index (χ1) is 19.6. The average Bonchev–Trinajstić information content (AvgIpc) is 3.66. The van der Waals surface area contributed by atoms with Gasteiger partial charge in [-0.3, -0.25) is 19.8 Å². The van der Waals surface area contributed by atoms with E-state index in [1.165, 1.54) is 30.5 Å². The summed E-state index contributed by atoms with van der Waals surface area (Å²) in [6.07, 6.45) is 3.79. The summed E-state index contributed by atoms with van der Waals surface area (Å²) < 4.78 is 26.4. The molecule has 13 heteroatoms. The maximum atomic E-state index is 15.5. The Morgan fingerprint density at radius 1 is 1.15 bits per heavy atom. The third-order valence-corrected chi connectivity index (χ3v) is 7.60. The Morgan fingerprint density at radius 2 is 1.85 bits per heavy atom. The van der Waals surface area contributed by atoms with Crippen molar-refractivity contribution in [3.8, 4) is 11.5 Å². The average molecular weight is 566 g/mol. The van der Waals surface area contributed by atoms with E-state index in [1.807, 2.05) is 0 Å². The number of nitrogens with two attached hydrogens (primary N) is 1. The highest BCUT2D eigenvalue weighted by molar-refractivity contribution is 6.16. The Balaban J connectivity index is 1.31. The molecule has 0 atom stereocenters. The Hall–Kier alpha value is -4.52. The number of amides is 4. The molecule has 2 aliphatic rings. The van der Waals surface area contributed by atoms with Crippen molar-refractivity contribution >= 4 is 35.2 Å². The van der Waals surface area contributed by atoms with E-state index in [1.54, 1.807) is 24.9 Å². The minimum atomic E-state index is -1.41. The summed E-state index contributed by atoms with van der Waals surface area (Å²) in [5, 5.41) is 6.64. The first kappa shape index (κ1) is 28.0. The second-order valence-corrected chi connectivity index (χ2v) is 10.6. The van der Waals surface area contributed by atoms with Crippen LogP contribution in [0.1, 0.15) is 31.4 Å². The number of nitrogens with one attached hydrogen (secondary N) is 1. The molecule has 3 heterocycles. The summed E-state index contributed by atoms with van der Waals surface area (Å²) in [6.45, 7) is 3.48. The number of primary amides is 1. The number of carbonyl (C=O) groups is 3. The maximum Gasteiger partial charge on any atom is 0.323 e. The van der Waals surface area contributed by atoms with Crippen molar-refractivity contribution in [3.05, 3.63) is 54.2 Å². The van der Waals surface area contributed by atoms with Gasteiger partial charge in [0.2, 0.25) is 11.8 Å². The minimum absolute atomic E-state index is 0.0346. The van der Waals surface area contributed by atoms with Gasteiger partial charge in [0.25, 0.3) is 0 Å². The molecule has 0 unspecified atom stereocenters. The Labute approximate surface area is 236 Å². The molecule has 5 rings (SSSR count). The number of hydrogen-bond acceptors (Lipinski definition) is 8. The minimum Gasteiger partial charge on any atom is -0.457 e. The molecular formula is C28H32FN7O5. The number of hydrogen-bond donors (Lipinski definition) is 2. The largest absolute Gasteiger partial charge is 0.457 e. The quantitative estimate of drug-likeness (QED) is 0.392. The summed E-state index contributed by atoms with van der Waals surface area (Å²) in [4.78, 5) is 47.4. The molecule has 41 heavy (non-hydrogen) atoms. The molecule has 216 valence electrons. The number of rotatable bonds is 8. The van der Waals surface area contributed by atoms with E-state index in [-0.39, 0.29) is 48.0 Å². The summed E-state index contributed by atoms with van der Waals surface area (Å²) >= 11 is 0. The van der Waals surface area contributed by atoms with Gasteiger partial charge in [0, 0.05) is 37.5 Å². The molecule has 1 aliphatic carbocycles. The van der Waals surface area contributed by atoms with Crippen LogP contribution in [0, 0.1) is 18.2 Å². The summed E-state index contributed by atoms with van der Waals surface area (Å²) in [5.74, 6) is -1.07. The van der Waals surface area contributed by atoms with E-state index in [0.29, 0.717) is 11.5 Å². The molecule has 1 aliphatic heterocycles. The molecule has 4 amide bonds. The van der Waals surface area contributed by atoms with Crippen LogP contribution in [0.5, 0.6) is 11.5 Å². The van der Waals surface area contributed by atoms with Crippen molar-refractivity contribution in [1.82, 2.24) is 19.9 Å². The van der Waals surface area contributed by atoms with Gasteiger partial charge in [-0.25, -0.2) is 14.2 Å². The lowest BCUT2D eigenvalue weighted by atomic mass is 10.0. The van der Waals surface area contributed by atoms with E-state index in [9.17, 15) is 14.4 Å². The van der Waals surface area contributed by atoms with Crippen LogP contribution in [-0.4, -0.2) is 71.0 Å². The second-order valence-electron chi connectivity index (χ2n) is 10.6. The van der Waals surface area contributed by atoms with Gasteiger partial charge in [-0.1, -0.05) is 5.16 Å². The number of aryl methyl sites for hydroxylation is 1. The van der Waals surface area contributed by atoms with Crippen LogP contribution in [0.2, 0.25) is 0 Å². The standard InChI is InChI=1S/C28H32FN7O5/c1-17-14-24(33-41-17)36(26(38)28(9-10-28)25(30)37)22-5-4-19(15-21(22)29)40-20-6-11-31-23(16-20)32-27(39)35(3)18-7-12-34(2)13-8-18/h4-6,11,14-16,18H,7-10,12-13H2,1-3H3,(H2,30,37)(H,31,32,39). The van der Waals surface area contributed by atoms with Crippen molar-refractivity contribution in [2.75, 3.05) is 37.4 Å². The molecule has 0 bridgehead atoms. The highest BCUT2D eigenvalue weighted by atomic mass is 19.1. The SMILES string of the molecule is Cc1cc(N(C(=O)C2(C(N)=O)CC2)c2ccc(Oc3ccnc(NC(=O)N(C)C4CCN(C)CC4)c3)cc2F)no1. The number of piperidine rings is 1. The molecule has 2 fully saturated rings. The number of pyridine rings is 1. The molecule has 3 aromatic rings. The van der Waals surface area contributed by atoms with Gasteiger partial charge in [0.1, 0.15) is 28.5 Å². The molecule has 2 aromatic heterocycles. The van der Waals surface area contributed by atoms with Gasteiger partial charge in [-0.2, -0.15) is 0 Å². The second kappa shape index (κ2) is 11.2. The first-order valence-electron chi connectivity index (χ1n) is 13.3. The van der Waals surface area contributed by atoms with Crippen LogP contribution in [-0.2, 0) is 9.59 Å². The van der Waals surface area contributed by atoms with Gasteiger partial charge >= 0.3 is 6.03 Å². The Kier molecular flexibility index (Phi) is 7.63. The van der Waals surface area contributed by atoms with Crippen molar-refractivity contribution in [3.63, 3.8) is 0 Å². The van der Waals surface area contributed by atoms with Crippen molar-refractivity contribution in [2.24, 2.45) is 11.1 Å². The van der Waals surface area contributed by atoms with Crippen LogP contribution in [0.3, 0.4) is 0 Å². The van der Waals surface area contributed by atoms with Crippen LogP contribution in [0.25, 0.3) is 0 Å². The fraction of sp³-hybridized carbons (Fsp3) is 0.393. The zero-order chi connectivity index (χ0) is 29.3. The highest BCUT2D eigenvalue weighted by Crippen LogP contribution is 2.49. The zero-order valence-electron chi connectivity index (χ0n) is 23.1. The van der Waals surface area contributed by atoms with E-state index in [0.717, 1.165) is 36.9 Å². The summed E-state index contributed by atoms with van der Waals surface area (Å²) in [7, 11) is 3.82. The van der Waals surface area contributed by atoms with E-state index < -0.39 is 23.0 Å². The van der Waals surface area contributed by atoms with Crippen LogP contribution >= 0.6 is 0 Å². The third kappa shape index (κ3) is 5.85. The fourth-order valence-corrected chi connectivity index (χ4v) is 4.86. The number of halogens is 1. The highest BCUT2D eigenvalue weighted by Gasteiger charge is 2.58. The fourth-order valence-electron chi connectivity index (χ4n) is 4.86. The van der Waals surface area contributed by atoms with E-state index in [2.05, 4.69) is 27.4 Å². The van der Waals surface area contributed by atoms with Gasteiger partial charge in [-0.05, 0) is 70.9 Å². The topological polar surface area (TPSA) is 147 Å².